The lowest BCUT2D eigenvalue weighted by atomic mass is 9.87. The summed E-state index contributed by atoms with van der Waals surface area (Å²) in [5.41, 5.74) is 3.92. The van der Waals surface area contributed by atoms with Crippen LogP contribution in [-0.2, 0) is 9.53 Å². The summed E-state index contributed by atoms with van der Waals surface area (Å²) in [6.07, 6.45) is 0.868. The molecule has 2 aliphatic rings. The van der Waals surface area contributed by atoms with Crippen LogP contribution in [0.3, 0.4) is 0 Å². The Labute approximate surface area is 215 Å². The summed E-state index contributed by atoms with van der Waals surface area (Å²) >= 11 is 1.59. The molecule has 1 aromatic heterocycles. The average molecular weight is 500 g/mol. The van der Waals surface area contributed by atoms with Gasteiger partial charge in [-0.05, 0) is 43.2 Å². The fraction of sp³-hybridized carbons (Fsp3) is 0.310. The lowest BCUT2D eigenvalue weighted by Gasteiger charge is -2.32. The van der Waals surface area contributed by atoms with Crippen LogP contribution in [0.1, 0.15) is 29.0 Å². The van der Waals surface area contributed by atoms with E-state index in [-0.39, 0.29) is 5.91 Å². The van der Waals surface area contributed by atoms with Gasteiger partial charge in [0.2, 0.25) is 5.91 Å². The van der Waals surface area contributed by atoms with Crippen LogP contribution in [0.15, 0.2) is 66.7 Å². The van der Waals surface area contributed by atoms with Crippen LogP contribution in [-0.4, -0.2) is 55.2 Å². The molecular formula is C29H29N3O3S. The van der Waals surface area contributed by atoms with Crippen LogP contribution in [0.5, 0.6) is 11.5 Å². The van der Waals surface area contributed by atoms with Gasteiger partial charge in [0.1, 0.15) is 11.5 Å². The van der Waals surface area contributed by atoms with Crippen molar-refractivity contribution in [3.63, 3.8) is 0 Å². The van der Waals surface area contributed by atoms with E-state index in [9.17, 15) is 4.79 Å². The van der Waals surface area contributed by atoms with Gasteiger partial charge >= 0.3 is 0 Å². The van der Waals surface area contributed by atoms with E-state index in [2.05, 4.69) is 24.0 Å². The quantitative estimate of drug-likeness (QED) is 0.346. The van der Waals surface area contributed by atoms with Crippen LogP contribution in [0.4, 0.5) is 5.13 Å². The molecule has 6 nitrogen and oxygen atoms in total. The molecule has 0 atom stereocenters. The van der Waals surface area contributed by atoms with E-state index in [0.717, 1.165) is 77.2 Å². The number of morpholine rings is 1. The van der Waals surface area contributed by atoms with E-state index >= 15 is 0 Å². The van der Waals surface area contributed by atoms with E-state index in [1.807, 2.05) is 59.5 Å². The lowest BCUT2D eigenvalue weighted by molar-refractivity contribution is -0.119. The number of carbonyl (C=O) groups excluding carboxylic acids is 1. The summed E-state index contributed by atoms with van der Waals surface area (Å²) in [6.45, 7) is 7.05. The summed E-state index contributed by atoms with van der Waals surface area (Å²) in [5.74, 6) is 1.07. The Morgan fingerprint density at radius 1 is 1.03 bits per heavy atom. The van der Waals surface area contributed by atoms with Gasteiger partial charge in [0.15, 0.2) is 5.13 Å². The Morgan fingerprint density at radius 2 is 1.72 bits per heavy atom. The first-order chi connectivity index (χ1) is 17.7. The normalized spacial score (nSPS) is 15.8. The molecule has 3 aromatic carbocycles. The van der Waals surface area contributed by atoms with Crippen LogP contribution in [0.25, 0.3) is 10.2 Å². The van der Waals surface area contributed by atoms with Crippen LogP contribution in [0, 0.1) is 6.92 Å². The topological polar surface area (TPSA) is 54.9 Å². The number of hydrogen-bond acceptors (Lipinski definition) is 6. The van der Waals surface area contributed by atoms with Gasteiger partial charge in [-0.1, -0.05) is 53.8 Å². The zero-order chi connectivity index (χ0) is 24.5. The number of fused-ring (bicyclic) bond motifs is 3. The highest BCUT2D eigenvalue weighted by atomic mass is 32.1. The minimum atomic E-state index is -0.441. The number of ether oxygens (including phenoxy) is 2. The molecule has 3 heterocycles. The second-order valence-electron chi connectivity index (χ2n) is 9.38. The van der Waals surface area contributed by atoms with E-state index in [0.29, 0.717) is 6.54 Å². The number of carbonyl (C=O) groups is 1. The predicted molar refractivity (Wildman–Crippen MR) is 143 cm³/mol. The fourth-order valence-electron chi connectivity index (χ4n) is 5.04. The minimum absolute atomic E-state index is 0.0379. The minimum Gasteiger partial charge on any atom is -0.457 e. The van der Waals surface area contributed by atoms with Crippen molar-refractivity contribution in [1.29, 1.82) is 0 Å². The highest BCUT2D eigenvalue weighted by Crippen LogP contribution is 2.45. The summed E-state index contributed by atoms with van der Waals surface area (Å²) < 4.78 is 12.8. The molecule has 0 bridgehead atoms. The van der Waals surface area contributed by atoms with Gasteiger partial charge in [0.25, 0.3) is 0 Å². The molecule has 7 heteroatoms. The molecule has 6 rings (SSSR count). The van der Waals surface area contributed by atoms with Gasteiger partial charge in [0.05, 0.1) is 29.3 Å². The predicted octanol–water partition coefficient (Wildman–Crippen LogP) is 5.60. The Balaban J connectivity index is 1.36. The average Bonchev–Trinajstić information content (AvgIpc) is 3.32. The Hall–Kier alpha value is -3.26. The number of aromatic nitrogens is 1. The maximum atomic E-state index is 14.5. The number of amides is 1. The van der Waals surface area contributed by atoms with E-state index in [1.165, 1.54) is 5.56 Å². The monoisotopic (exact) mass is 499 g/mol. The molecular weight excluding hydrogens is 470 g/mol. The van der Waals surface area contributed by atoms with Crippen molar-refractivity contribution in [1.82, 2.24) is 9.88 Å². The number of anilines is 1. The number of hydrogen-bond donors (Lipinski definition) is 0. The van der Waals surface area contributed by atoms with Crippen molar-refractivity contribution in [2.24, 2.45) is 0 Å². The SMILES string of the molecule is Cc1ccc2nc(N(CCCN3CCOCC3)C(=O)C3c4ccccc4Oc4ccccc43)sc2c1. The van der Waals surface area contributed by atoms with Crippen molar-refractivity contribution in [3.8, 4) is 11.5 Å². The molecule has 0 aliphatic carbocycles. The summed E-state index contributed by atoms with van der Waals surface area (Å²) in [5, 5.41) is 0.754. The van der Waals surface area contributed by atoms with Gasteiger partial charge in [-0.2, -0.15) is 0 Å². The molecule has 1 saturated heterocycles. The lowest BCUT2D eigenvalue weighted by Crippen LogP contribution is -2.40. The number of nitrogens with zero attached hydrogens (tertiary/aromatic N) is 3. The highest BCUT2D eigenvalue weighted by Gasteiger charge is 2.36. The third-order valence-corrected chi connectivity index (χ3v) is 7.96. The van der Waals surface area contributed by atoms with Crippen molar-refractivity contribution in [2.75, 3.05) is 44.3 Å². The van der Waals surface area contributed by atoms with Crippen LogP contribution < -0.4 is 9.64 Å². The Morgan fingerprint density at radius 3 is 2.44 bits per heavy atom. The number of thiazole rings is 1. The largest absolute Gasteiger partial charge is 0.457 e. The maximum absolute atomic E-state index is 14.5. The first kappa shape index (κ1) is 23.2. The van der Waals surface area contributed by atoms with E-state index in [4.69, 9.17) is 14.5 Å². The molecule has 4 aromatic rings. The molecule has 36 heavy (non-hydrogen) atoms. The third-order valence-electron chi connectivity index (χ3n) is 6.92. The first-order valence-electron chi connectivity index (χ1n) is 12.5. The number of aryl methyl sites for hydroxylation is 1. The smallest absolute Gasteiger partial charge is 0.241 e. The number of benzene rings is 3. The summed E-state index contributed by atoms with van der Waals surface area (Å²) in [6, 6.07) is 22.0. The molecule has 2 aliphatic heterocycles. The van der Waals surface area contributed by atoms with E-state index in [1.54, 1.807) is 11.3 Å². The molecule has 0 N–H and O–H groups in total. The zero-order valence-electron chi connectivity index (χ0n) is 20.4. The van der Waals surface area contributed by atoms with Crippen molar-refractivity contribution in [3.05, 3.63) is 83.4 Å². The van der Waals surface area contributed by atoms with Gasteiger partial charge in [-0.15, -0.1) is 0 Å². The van der Waals surface area contributed by atoms with Crippen LogP contribution >= 0.6 is 11.3 Å². The zero-order valence-corrected chi connectivity index (χ0v) is 21.2. The Kier molecular flexibility index (Phi) is 6.44. The third kappa shape index (κ3) is 4.50. The second-order valence-corrected chi connectivity index (χ2v) is 10.4. The molecule has 184 valence electrons. The van der Waals surface area contributed by atoms with Gasteiger partial charge in [-0.25, -0.2) is 4.98 Å². The maximum Gasteiger partial charge on any atom is 0.241 e. The van der Waals surface area contributed by atoms with Crippen molar-refractivity contribution < 1.29 is 14.3 Å². The Bertz CT molecular complexity index is 1350. The molecule has 1 fully saturated rings. The van der Waals surface area contributed by atoms with Crippen LogP contribution in [0.2, 0.25) is 0 Å². The van der Waals surface area contributed by atoms with Crippen molar-refractivity contribution in [2.45, 2.75) is 19.3 Å². The van der Waals surface area contributed by atoms with Gasteiger partial charge < -0.3 is 9.47 Å². The molecule has 0 unspecified atom stereocenters. The number of rotatable bonds is 6. The molecule has 1 amide bonds. The fourth-order valence-corrected chi connectivity index (χ4v) is 6.14. The molecule has 0 saturated carbocycles. The summed E-state index contributed by atoms with van der Waals surface area (Å²) in [4.78, 5) is 23.7. The summed E-state index contributed by atoms with van der Waals surface area (Å²) in [7, 11) is 0. The van der Waals surface area contributed by atoms with Gasteiger partial charge in [0, 0.05) is 37.3 Å². The number of para-hydroxylation sites is 2. The highest BCUT2D eigenvalue weighted by molar-refractivity contribution is 7.22. The van der Waals surface area contributed by atoms with E-state index < -0.39 is 5.92 Å². The van der Waals surface area contributed by atoms with Gasteiger partial charge in [-0.3, -0.25) is 14.6 Å². The molecule has 0 spiro atoms. The first-order valence-corrected chi connectivity index (χ1v) is 13.3. The standard InChI is InChI=1S/C29H29N3O3S/c1-20-11-12-23-26(19-20)36-29(30-23)32(14-6-13-31-15-17-34-18-16-31)28(33)27-21-7-2-4-9-24(21)35-25-10-5-3-8-22(25)27/h2-5,7-12,19,27H,6,13-18H2,1H3. The molecule has 0 radical (unpaired) electrons. The second kappa shape index (κ2) is 10.0. The van der Waals surface area contributed by atoms with Crippen molar-refractivity contribution >= 4 is 32.6 Å².